The largest absolute Gasteiger partial charge is 0.450 e. The second kappa shape index (κ2) is 7.01. The molecule has 116 valence electrons. The smallest absolute Gasteiger partial charge is 0.312 e. The van der Waals surface area contributed by atoms with E-state index in [9.17, 15) is 14.5 Å². The van der Waals surface area contributed by atoms with Crippen molar-refractivity contribution in [2.75, 3.05) is 14.1 Å². The van der Waals surface area contributed by atoms with Gasteiger partial charge in [0.25, 0.3) is 0 Å². The number of rotatable bonds is 5. The second-order valence-corrected chi connectivity index (χ2v) is 6.21. The number of ether oxygens (including phenoxy) is 1. The number of nitro benzene ring substituents is 1. The van der Waals surface area contributed by atoms with Gasteiger partial charge in [-0.1, -0.05) is 0 Å². The first kappa shape index (κ1) is 16.6. The van der Waals surface area contributed by atoms with E-state index in [0.29, 0.717) is 17.9 Å². The molecule has 0 bridgehead atoms. The van der Waals surface area contributed by atoms with Crippen LogP contribution in [-0.2, 0) is 6.54 Å². The number of halogens is 2. The molecule has 0 saturated heterocycles. The van der Waals surface area contributed by atoms with Crippen LogP contribution in [0, 0.1) is 19.5 Å². The van der Waals surface area contributed by atoms with E-state index in [1.807, 2.05) is 41.6 Å². The molecular weight excluding hydrogens is 402 g/mol. The first-order valence-electron chi connectivity index (χ1n) is 6.42. The number of nitro groups is 1. The lowest BCUT2D eigenvalue weighted by Gasteiger charge is -2.15. The standard InChI is InChI=1S/C15H14FIN2O3/c1-18(2)9-10-7-11(16)3-5-14(10)22-15-6-4-12(17)8-13(15)19(20)21/h3-8H,9H2,1-2H3. The molecule has 0 heterocycles. The molecule has 2 rings (SSSR count). The Morgan fingerprint density at radius 3 is 2.55 bits per heavy atom. The number of benzene rings is 2. The lowest BCUT2D eigenvalue weighted by atomic mass is 10.2. The van der Waals surface area contributed by atoms with Gasteiger partial charge in [-0.05, 0) is 67.0 Å². The van der Waals surface area contributed by atoms with Gasteiger partial charge in [0.15, 0.2) is 0 Å². The maximum absolute atomic E-state index is 13.4. The predicted octanol–water partition coefficient (Wildman–Crippen LogP) is 4.19. The van der Waals surface area contributed by atoms with Gasteiger partial charge in [-0.3, -0.25) is 10.1 Å². The van der Waals surface area contributed by atoms with E-state index >= 15 is 0 Å². The molecular formula is C15H14FIN2O3. The van der Waals surface area contributed by atoms with Crippen molar-refractivity contribution in [3.63, 3.8) is 0 Å². The summed E-state index contributed by atoms with van der Waals surface area (Å²) in [7, 11) is 3.70. The van der Waals surface area contributed by atoms with Gasteiger partial charge in [-0.25, -0.2) is 4.39 Å². The van der Waals surface area contributed by atoms with Crippen molar-refractivity contribution in [3.8, 4) is 11.5 Å². The fourth-order valence-corrected chi connectivity index (χ4v) is 2.42. The number of hydrogen-bond acceptors (Lipinski definition) is 4. The minimum Gasteiger partial charge on any atom is -0.450 e. The van der Waals surface area contributed by atoms with Crippen molar-refractivity contribution in [3.05, 3.63) is 61.5 Å². The topological polar surface area (TPSA) is 55.6 Å². The van der Waals surface area contributed by atoms with Crippen LogP contribution in [0.5, 0.6) is 11.5 Å². The summed E-state index contributed by atoms with van der Waals surface area (Å²) in [5, 5.41) is 11.1. The summed E-state index contributed by atoms with van der Waals surface area (Å²) in [6, 6.07) is 8.82. The first-order chi connectivity index (χ1) is 10.4. The third-order valence-corrected chi connectivity index (χ3v) is 3.52. The molecule has 0 atom stereocenters. The van der Waals surface area contributed by atoms with Gasteiger partial charge in [0.05, 0.1) is 4.92 Å². The van der Waals surface area contributed by atoms with Crippen molar-refractivity contribution in [2.24, 2.45) is 0 Å². The van der Waals surface area contributed by atoms with Gasteiger partial charge in [-0.15, -0.1) is 0 Å². The van der Waals surface area contributed by atoms with Crippen molar-refractivity contribution in [1.82, 2.24) is 4.90 Å². The van der Waals surface area contributed by atoms with Crippen LogP contribution in [-0.4, -0.2) is 23.9 Å². The highest BCUT2D eigenvalue weighted by Gasteiger charge is 2.18. The average molecular weight is 416 g/mol. The predicted molar refractivity (Wildman–Crippen MR) is 89.7 cm³/mol. The van der Waals surface area contributed by atoms with Crippen LogP contribution < -0.4 is 4.74 Å². The Morgan fingerprint density at radius 1 is 1.23 bits per heavy atom. The van der Waals surface area contributed by atoms with E-state index in [-0.39, 0.29) is 17.3 Å². The van der Waals surface area contributed by atoms with E-state index < -0.39 is 4.92 Å². The van der Waals surface area contributed by atoms with Crippen molar-refractivity contribution in [2.45, 2.75) is 6.54 Å². The highest BCUT2D eigenvalue weighted by atomic mass is 127. The van der Waals surface area contributed by atoms with Crippen LogP contribution in [0.25, 0.3) is 0 Å². The molecule has 0 aromatic heterocycles. The molecule has 0 aliphatic carbocycles. The van der Waals surface area contributed by atoms with Crippen LogP contribution in [0.3, 0.4) is 0 Å². The van der Waals surface area contributed by atoms with Crippen LogP contribution in [0.4, 0.5) is 10.1 Å². The Kier molecular flexibility index (Phi) is 5.30. The molecule has 2 aromatic rings. The first-order valence-corrected chi connectivity index (χ1v) is 7.49. The average Bonchev–Trinajstić information content (AvgIpc) is 2.42. The summed E-state index contributed by atoms with van der Waals surface area (Å²) < 4.78 is 19.8. The molecule has 0 amide bonds. The Morgan fingerprint density at radius 2 is 1.91 bits per heavy atom. The maximum atomic E-state index is 13.4. The summed E-state index contributed by atoms with van der Waals surface area (Å²) in [5.41, 5.74) is 0.505. The van der Waals surface area contributed by atoms with Gasteiger partial charge in [0, 0.05) is 21.7 Å². The highest BCUT2D eigenvalue weighted by Crippen LogP contribution is 2.34. The molecule has 0 saturated carbocycles. The van der Waals surface area contributed by atoms with Crippen LogP contribution in [0.2, 0.25) is 0 Å². The lowest BCUT2D eigenvalue weighted by Crippen LogP contribution is -2.11. The Labute approximate surface area is 141 Å². The van der Waals surface area contributed by atoms with E-state index in [4.69, 9.17) is 4.74 Å². The molecule has 7 heteroatoms. The normalized spacial score (nSPS) is 10.8. The zero-order valence-corrected chi connectivity index (χ0v) is 14.2. The minimum atomic E-state index is -0.493. The zero-order valence-electron chi connectivity index (χ0n) is 12.0. The van der Waals surface area contributed by atoms with E-state index in [0.717, 1.165) is 3.57 Å². The van der Waals surface area contributed by atoms with Crippen LogP contribution in [0.15, 0.2) is 36.4 Å². The van der Waals surface area contributed by atoms with Crippen LogP contribution >= 0.6 is 22.6 Å². The molecule has 0 N–H and O–H groups in total. The minimum absolute atomic E-state index is 0.118. The Hall–Kier alpha value is -1.74. The molecule has 5 nitrogen and oxygen atoms in total. The second-order valence-electron chi connectivity index (χ2n) is 4.96. The van der Waals surface area contributed by atoms with Gasteiger partial charge < -0.3 is 9.64 Å². The van der Waals surface area contributed by atoms with Gasteiger partial charge in [0.1, 0.15) is 11.6 Å². The van der Waals surface area contributed by atoms with Crippen molar-refractivity contribution >= 4 is 28.3 Å². The molecule has 0 spiro atoms. The van der Waals surface area contributed by atoms with E-state index in [1.165, 1.54) is 24.3 Å². The molecule has 0 radical (unpaired) electrons. The Bertz CT molecular complexity index is 707. The van der Waals surface area contributed by atoms with Gasteiger partial charge in [0.2, 0.25) is 5.75 Å². The summed E-state index contributed by atoms with van der Waals surface area (Å²) in [5.74, 6) is 0.165. The third-order valence-electron chi connectivity index (χ3n) is 2.85. The Balaban J connectivity index is 2.41. The quantitative estimate of drug-likeness (QED) is 0.417. The molecule has 22 heavy (non-hydrogen) atoms. The highest BCUT2D eigenvalue weighted by molar-refractivity contribution is 14.1. The SMILES string of the molecule is CN(C)Cc1cc(F)ccc1Oc1ccc(I)cc1[N+](=O)[O-]. The van der Waals surface area contributed by atoms with Crippen LogP contribution in [0.1, 0.15) is 5.56 Å². The molecule has 0 unspecified atom stereocenters. The van der Waals surface area contributed by atoms with Gasteiger partial charge >= 0.3 is 5.69 Å². The molecule has 0 aliphatic heterocycles. The van der Waals surface area contributed by atoms with Crippen molar-refractivity contribution in [1.29, 1.82) is 0 Å². The summed E-state index contributed by atoms with van der Waals surface area (Å²) >= 11 is 2.00. The molecule has 2 aromatic carbocycles. The molecule has 0 aliphatic rings. The van der Waals surface area contributed by atoms with E-state index in [2.05, 4.69) is 0 Å². The number of nitrogens with zero attached hydrogens (tertiary/aromatic N) is 2. The summed E-state index contributed by atoms with van der Waals surface area (Å²) in [6.07, 6.45) is 0. The zero-order chi connectivity index (χ0) is 16.3. The monoisotopic (exact) mass is 416 g/mol. The fraction of sp³-hybridized carbons (Fsp3) is 0.200. The van der Waals surface area contributed by atoms with Crippen molar-refractivity contribution < 1.29 is 14.1 Å². The maximum Gasteiger partial charge on any atom is 0.312 e. The fourth-order valence-electron chi connectivity index (χ4n) is 1.95. The molecule has 0 fully saturated rings. The summed E-state index contributed by atoms with van der Waals surface area (Å²) in [6.45, 7) is 0.464. The van der Waals surface area contributed by atoms with Gasteiger partial charge in [-0.2, -0.15) is 0 Å². The number of hydrogen-bond donors (Lipinski definition) is 0. The lowest BCUT2D eigenvalue weighted by molar-refractivity contribution is -0.385. The van der Waals surface area contributed by atoms with E-state index in [1.54, 1.807) is 12.1 Å². The summed E-state index contributed by atoms with van der Waals surface area (Å²) in [4.78, 5) is 12.5. The third kappa shape index (κ3) is 4.14.